The molecule has 4 heterocycles. The third kappa shape index (κ3) is 3.15. The summed E-state index contributed by atoms with van der Waals surface area (Å²) in [5.41, 5.74) is 5.73. The number of fused-ring (bicyclic) bond motifs is 3. The van der Waals surface area contributed by atoms with E-state index in [1.807, 2.05) is 50.2 Å². The van der Waals surface area contributed by atoms with Gasteiger partial charge in [0.2, 0.25) is 11.9 Å². The van der Waals surface area contributed by atoms with Gasteiger partial charge < -0.3 is 15.5 Å². The number of hydrogen-bond donors (Lipinski definition) is 2. The second-order valence-electron chi connectivity index (χ2n) is 9.19. The Labute approximate surface area is 196 Å². The fraction of sp³-hybridized carbons (Fsp3) is 0.240. The van der Waals surface area contributed by atoms with Gasteiger partial charge in [0.25, 0.3) is 0 Å². The van der Waals surface area contributed by atoms with Crippen LogP contribution in [-0.2, 0) is 23.2 Å². The van der Waals surface area contributed by atoms with E-state index in [1.54, 1.807) is 16.9 Å². The van der Waals surface area contributed by atoms with Crippen molar-refractivity contribution in [2.75, 3.05) is 22.1 Å². The number of nitriles is 1. The van der Waals surface area contributed by atoms with E-state index in [-0.39, 0.29) is 5.91 Å². The molecule has 2 aromatic carbocycles. The van der Waals surface area contributed by atoms with Crippen LogP contribution in [0.2, 0.25) is 0 Å². The molecular weight excluding hydrogens is 428 g/mol. The SMILES string of the molecule is CC1(C)C(=O)Nc2cc(Nc3nc4c(N5CCc6ccc(C#N)cc6C5)nccn4n3)ccc21. The molecule has 6 rings (SSSR count). The van der Waals surface area contributed by atoms with Crippen molar-refractivity contribution in [3.63, 3.8) is 0 Å². The van der Waals surface area contributed by atoms with Gasteiger partial charge in [0, 0.05) is 36.9 Å². The van der Waals surface area contributed by atoms with Crippen molar-refractivity contribution < 1.29 is 4.79 Å². The summed E-state index contributed by atoms with van der Waals surface area (Å²) in [6.45, 7) is 5.30. The number of benzene rings is 2. The van der Waals surface area contributed by atoms with Crippen molar-refractivity contribution in [1.82, 2.24) is 19.6 Å². The number of carbonyl (C=O) groups is 1. The van der Waals surface area contributed by atoms with E-state index in [1.165, 1.54) is 5.56 Å². The molecule has 2 N–H and O–H groups in total. The van der Waals surface area contributed by atoms with Crippen molar-refractivity contribution in [2.45, 2.75) is 32.2 Å². The number of aromatic nitrogens is 4. The molecule has 0 spiro atoms. The highest BCUT2D eigenvalue weighted by Gasteiger charge is 2.38. The maximum absolute atomic E-state index is 12.3. The fourth-order valence-corrected chi connectivity index (χ4v) is 4.69. The van der Waals surface area contributed by atoms with Crippen LogP contribution in [0.15, 0.2) is 48.8 Å². The van der Waals surface area contributed by atoms with Crippen LogP contribution in [0.4, 0.5) is 23.1 Å². The van der Waals surface area contributed by atoms with Crippen LogP contribution in [0.1, 0.15) is 36.1 Å². The Morgan fingerprint density at radius 3 is 2.91 bits per heavy atom. The Bertz CT molecular complexity index is 1510. The normalized spacial score (nSPS) is 16.0. The Morgan fingerprint density at radius 1 is 1.18 bits per heavy atom. The zero-order valence-corrected chi connectivity index (χ0v) is 18.8. The molecule has 0 radical (unpaired) electrons. The number of nitrogens with zero attached hydrogens (tertiary/aromatic N) is 6. The maximum atomic E-state index is 12.3. The Hall–Kier alpha value is -4.45. The highest BCUT2D eigenvalue weighted by atomic mass is 16.2. The van der Waals surface area contributed by atoms with Gasteiger partial charge in [0.15, 0.2) is 11.5 Å². The molecule has 0 unspecified atom stereocenters. The van der Waals surface area contributed by atoms with Gasteiger partial charge in [-0.2, -0.15) is 10.2 Å². The first-order chi connectivity index (χ1) is 16.4. The molecule has 0 bridgehead atoms. The number of anilines is 4. The van der Waals surface area contributed by atoms with Crippen LogP contribution in [0, 0.1) is 11.3 Å². The zero-order valence-electron chi connectivity index (χ0n) is 18.8. The number of nitrogens with one attached hydrogen (secondary N) is 2. The van der Waals surface area contributed by atoms with Crippen LogP contribution in [0.3, 0.4) is 0 Å². The zero-order chi connectivity index (χ0) is 23.4. The largest absolute Gasteiger partial charge is 0.349 e. The van der Waals surface area contributed by atoms with E-state index in [0.29, 0.717) is 23.7 Å². The maximum Gasteiger partial charge on any atom is 0.247 e. The van der Waals surface area contributed by atoms with E-state index >= 15 is 0 Å². The van der Waals surface area contributed by atoms with Gasteiger partial charge >= 0.3 is 0 Å². The summed E-state index contributed by atoms with van der Waals surface area (Å²) in [4.78, 5) is 23.7. The number of carbonyl (C=O) groups excluding carboxylic acids is 1. The Morgan fingerprint density at radius 2 is 2.06 bits per heavy atom. The second kappa shape index (κ2) is 7.28. The lowest BCUT2D eigenvalue weighted by molar-refractivity contribution is -0.119. The molecular formula is C25H22N8O. The molecule has 9 nitrogen and oxygen atoms in total. The highest BCUT2D eigenvalue weighted by molar-refractivity contribution is 6.06. The van der Waals surface area contributed by atoms with E-state index in [4.69, 9.17) is 4.98 Å². The van der Waals surface area contributed by atoms with Crippen LogP contribution >= 0.6 is 0 Å². The Kier molecular flexibility index (Phi) is 4.32. The Balaban J connectivity index is 1.30. The third-order valence-electron chi connectivity index (χ3n) is 6.65. The molecule has 1 amide bonds. The first-order valence-electron chi connectivity index (χ1n) is 11.1. The number of rotatable bonds is 3. The first-order valence-corrected chi connectivity index (χ1v) is 11.1. The minimum absolute atomic E-state index is 0.00813. The van der Waals surface area contributed by atoms with E-state index in [9.17, 15) is 10.1 Å². The van der Waals surface area contributed by atoms with Gasteiger partial charge in [-0.3, -0.25) is 4.79 Å². The van der Waals surface area contributed by atoms with Crippen molar-refractivity contribution in [1.29, 1.82) is 5.26 Å². The molecule has 2 aliphatic heterocycles. The summed E-state index contributed by atoms with van der Waals surface area (Å²) in [6.07, 6.45) is 4.36. The van der Waals surface area contributed by atoms with Gasteiger partial charge in [-0.05, 0) is 61.2 Å². The highest BCUT2D eigenvalue weighted by Crippen LogP contribution is 2.39. The summed E-state index contributed by atoms with van der Waals surface area (Å²) in [7, 11) is 0. The summed E-state index contributed by atoms with van der Waals surface area (Å²) in [6, 6.07) is 13.9. The van der Waals surface area contributed by atoms with Crippen LogP contribution in [-0.4, -0.2) is 32.0 Å². The third-order valence-corrected chi connectivity index (χ3v) is 6.65. The fourth-order valence-electron chi connectivity index (χ4n) is 4.69. The lowest BCUT2D eigenvalue weighted by Gasteiger charge is -2.29. The van der Waals surface area contributed by atoms with Crippen LogP contribution < -0.4 is 15.5 Å². The van der Waals surface area contributed by atoms with E-state index < -0.39 is 5.41 Å². The van der Waals surface area contributed by atoms with Crippen LogP contribution in [0.5, 0.6) is 0 Å². The quantitative estimate of drug-likeness (QED) is 0.491. The van der Waals surface area contributed by atoms with Crippen molar-refractivity contribution in [2.24, 2.45) is 0 Å². The molecule has 0 saturated heterocycles. The molecule has 0 saturated carbocycles. The molecule has 2 aliphatic rings. The minimum atomic E-state index is -0.545. The van der Waals surface area contributed by atoms with Gasteiger partial charge in [-0.15, -0.1) is 5.10 Å². The van der Waals surface area contributed by atoms with Gasteiger partial charge in [-0.1, -0.05) is 12.1 Å². The van der Waals surface area contributed by atoms with E-state index in [2.05, 4.69) is 31.7 Å². The molecule has 0 atom stereocenters. The van der Waals surface area contributed by atoms with Crippen molar-refractivity contribution >= 4 is 34.7 Å². The predicted octanol–water partition coefficient (Wildman–Crippen LogP) is 3.53. The van der Waals surface area contributed by atoms with Gasteiger partial charge in [0.05, 0.1) is 17.0 Å². The standard InChI is InChI=1S/C25H22N8O/c1-25(2)19-6-5-18(12-20(19)29-23(25)34)28-24-30-22-21(27-8-10-33(22)31-24)32-9-7-16-4-3-15(13-26)11-17(16)14-32/h3-6,8,10-12H,7,9,14H2,1-2H3,(H,28,31)(H,29,34). The van der Waals surface area contributed by atoms with Gasteiger partial charge in [-0.25, -0.2) is 9.50 Å². The molecule has 0 fully saturated rings. The second-order valence-corrected chi connectivity index (χ2v) is 9.19. The first kappa shape index (κ1) is 20.2. The predicted molar refractivity (Wildman–Crippen MR) is 128 cm³/mol. The minimum Gasteiger partial charge on any atom is -0.349 e. The summed E-state index contributed by atoms with van der Waals surface area (Å²) in [5, 5.41) is 20.0. The molecule has 4 aromatic rings. The van der Waals surface area contributed by atoms with Crippen molar-refractivity contribution in [3.8, 4) is 6.07 Å². The summed E-state index contributed by atoms with van der Waals surface area (Å²) >= 11 is 0. The molecule has 168 valence electrons. The molecule has 9 heteroatoms. The molecule has 0 aliphatic carbocycles. The van der Waals surface area contributed by atoms with Crippen molar-refractivity contribution in [3.05, 3.63) is 71.0 Å². The van der Waals surface area contributed by atoms with E-state index in [0.717, 1.165) is 41.3 Å². The summed E-state index contributed by atoms with van der Waals surface area (Å²) < 4.78 is 1.71. The number of hydrogen-bond acceptors (Lipinski definition) is 7. The average Bonchev–Trinajstić information content (AvgIpc) is 3.35. The topological polar surface area (TPSA) is 111 Å². The molecule has 2 aromatic heterocycles. The smallest absolute Gasteiger partial charge is 0.247 e. The lowest BCUT2D eigenvalue weighted by Crippen LogP contribution is -2.31. The number of amides is 1. The van der Waals surface area contributed by atoms with Crippen LogP contribution in [0.25, 0.3) is 5.65 Å². The molecule has 34 heavy (non-hydrogen) atoms. The van der Waals surface area contributed by atoms with Gasteiger partial charge in [0.1, 0.15) is 0 Å². The average molecular weight is 451 g/mol. The monoisotopic (exact) mass is 450 g/mol. The summed E-state index contributed by atoms with van der Waals surface area (Å²) in [5.74, 6) is 1.19. The lowest BCUT2D eigenvalue weighted by atomic mass is 9.86.